The van der Waals surface area contributed by atoms with Crippen LogP contribution in [0.5, 0.6) is 0 Å². The number of aromatic nitrogens is 1. The molecule has 2 rings (SSSR count). The third-order valence-corrected chi connectivity index (χ3v) is 2.51. The maximum Gasteiger partial charge on any atom is 0.129 e. The second-order valence-electron chi connectivity index (χ2n) is 3.80. The Morgan fingerprint density at radius 3 is 2.69 bits per heavy atom. The molecule has 0 amide bonds. The Labute approximate surface area is 98.9 Å². The molecule has 0 bridgehead atoms. The summed E-state index contributed by atoms with van der Waals surface area (Å²) in [7, 11) is 0. The van der Waals surface area contributed by atoms with Crippen molar-refractivity contribution in [3.63, 3.8) is 0 Å². The first kappa shape index (κ1) is 11.1. The molecule has 16 heavy (non-hydrogen) atoms. The summed E-state index contributed by atoms with van der Waals surface area (Å²) in [5, 5.41) is 0.464. The number of hydrogen-bond acceptors (Lipinski definition) is 1. The lowest BCUT2D eigenvalue weighted by atomic mass is 10.0. The Kier molecular flexibility index (Phi) is 3.20. The van der Waals surface area contributed by atoms with Gasteiger partial charge < -0.3 is 0 Å². The number of halogens is 2. The fraction of sp³-hybridized carbons (Fsp3) is 0.154. The molecular weight excluding hydrogens is 225 g/mol. The SMILES string of the molecule is Cc1cc(F)cc(Cc2ccnc(Cl)c2)c1. The lowest BCUT2D eigenvalue weighted by Crippen LogP contribution is -1.91. The van der Waals surface area contributed by atoms with E-state index < -0.39 is 0 Å². The highest BCUT2D eigenvalue weighted by Gasteiger charge is 2.01. The van der Waals surface area contributed by atoms with Gasteiger partial charge in [0, 0.05) is 6.20 Å². The minimum atomic E-state index is -0.199. The van der Waals surface area contributed by atoms with Gasteiger partial charge in [-0.05, 0) is 54.3 Å². The zero-order valence-electron chi connectivity index (χ0n) is 8.87. The molecule has 0 aliphatic carbocycles. The fourth-order valence-electron chi connectivity index (χ4n) is 1.70. The van der Waals surface area contributed by atoms with Crippen LogP contribution in [0.2, 0.25) is 5.15 Å². The summed E-state index contributed by atoms with van der Waals surface area (Å²) < 4.78 is 13.2. The smallest absolute Gasteiger partial charge is 0.129 e. The van der Waals surface area contributed by atoms with E-state index in [1.807, 2.05) is 19.1 Å². The fourth-order valence-corrected chi connectivity index (χ4v) is 1.90. The van der Waals surface area contributed by atoms with Crippen molar-refractivity contribution < 1.29 is 4.39 Å². The average Bonchev–Trinajstić information content (AvgIpc) is 2.15. The molecule has 0 unspecified atom stereocenters. The number of benzene rings is 1. The van der Waals surface area contributed by atoms with Gasteiger partial charge in [-0.25, -0.2) is 9.37 Å². The summed E-state index contributed by atoms with van der Waals surface area (Å²) in [6.07, 6.45) is 2.32. The van der Waals surface area contributed by atoms with Gasteiger partial charge in [0.05, 0.1) is 0 Å². The predicted molar refractivity (Wildman–Crippen MR) is 63.2 cm³/mol. The predicted octanol–water partition coefficient (Wildman–Crippen LogP) is 3.77. The standard InChI is InChI=1S/C13H11ClFN/c1-9-4-11(7-12(15)5-9)6-10-2-3-16-13(14)8-10/h2-5,7-8H,6H2,1H3. The van der Waals surface area contributed by atoms with Gasteiger partial charge in [-0.2, -0.15) is 0 Å². The number of aryl methyl sites for hydroxylation is 1. The minimum absolute atomic E-state index is 0.199. The summed E-state index contributed by atoms with van der Waals surface area (Å²) in [4.78, 5) is 3.91. The molecule has 3 heteroatoms. The van der Waals surface area contributed by atoms with Crippen molar-refractivity contribution in [1.29, 1.82) is 0 Å². The van der Waals surface area contributed by atoms with Gasteiger partial charge in [0.2, 0.25) is 0 Å². The molecule has 0 radical (unpaired) electrons. The van der Waals surface area contributed by atoms with Crippen LogP contribution in [-0.4, -0.2) is 4.98 Å². The van der Waals surface area contributed by atoms with E-state index >= 15 is 0 Å². The minimum Gasteiger partial charge on any atom is -0.245 e. The van der Waals surface area contributed by atoms with Crippen molar-refractivity contribution in [3.05, 3.63) is 64.2 Å². The summed E-state index contributed by atoms with van der Waals surface area (Å²) in [6.45, 7) is 1.88. The monoisotopic (exact) mass is 235 g/mol. The Balaban J connectivity index is 2.27. The van der Waals surface area contributed by atoms with Gasteiger partial charge in [0.1, 0.15) is 11.0 Å². The Morgan fingerprint density at radius 2 is 2.00 bits per heavy atom. The second-order valence-corrected chi connectivity index (χ2v) is 4.19. The summed E-state index contributed by atoms with van der Waals surface area (Å²) in [6, 6.07) is 8.70. The van der Waals surface area contributed by atoms with Crippen molar-refractivity contribution in [2.45, 2.75) is 13.3 Å². The van der Waals surface area contributed by atoms with Crippen LogP contribution < -0.4 is 0 Å². The summed E-state index contributed by atoms with van der Waals surface area (Å²) in [5.41, 5.74) is 2.90. The molecule has 1 aromatic heterocycles. The number of nitrogens with zero attached hydrogens (tertiary/aromatic N) is 1. The Hall–Kier alpha value is -1.41. The molecule has 0 aliphatic heterocycles. The summed E-state index contributed by atoms with van der Waals surface area (Å²) >= 11 is 5.79. The molecule has 2 aromatic rings. The number of rotatable bonds is 2. The quantitative estimate of drug-likeness (QED) is 0.722. The first-order chi connectivity index (χ1) is 7.63. The van der Waals surface area contributed by atoms with Crippen molar-refractivity contribution >= 4 is 11.6 Å². The van der Waals surface area contributed by atoms with E-state index in [9.17, 15) is 4.39 Å². The molecule has 0 atom stereocenters. The molecule has 1 heterocycles. The zero-order valence-corrected chi connectivity index (χ0v) is 9.63. The third-order valence-electron chi connectivity index (χ3n) is 2.30. The molecule has 0 spiro atoms. The molecular formula is C13H11ClFN. The van der Waals surface area contributed by atoms with Gasteiger partial charge in [-0.15, -0.1) is 0 Å². The third kappa shape index (κ3) is 2.80. The van der Waals surface area contributed by atoms with Crippen LogP contribution >= 0.6 is 11.6 Å². The van der Waals surface area contributed by atoms with Gasteiger partial charge >= 0.3 is 0 Å². The Morgan fingerprint density at radius 1 is 1.19 bits per heavy atom. The van der Waals surface area contributed by atoms with Crippen LogP contribution in [-0.2, 0) is 6.42 Å². The highest BCUT2D eigenvalue weighted by atomic mass is 35.5. The zero-order chi connectivity index (χ0) is 11.5. The lowest BCUT2D eigenvalue weighted by molar-refractivity contribution is 0.624. The maximum absolute atomic E-state index is 13.2. The molecule has 1 aromatic carbocycles. The van der Waals surface area contributed by atoms with Crippen LogP contribution in [0.1, 0.15) is 16.7 Å². The topological polar surface area (TPSA) is 12.9 Å². The van der Waals surface area contributed by atoms with E-state index in [0.717, 1.165) is 16.7 Å². The maximum atomic E-state index is 13.2. The van der Waals surface area contributed by atoms with Gasteiger partial charge in [-0.1, -0.05) is 17.7 Å². The van der Waals surface area contributed by atoms with Crippen LogP contribution in [0.4, 0.5) is 4.39 Å². The van der Waals surface area contributed by atoms with Gasteiger partial charge in [0.15, 0.2) is 0 Å². The molecule has 0 saturated carbocycles. The van der Waals surface area contributed by atoms with Crippen molar-refractivity contribution in [2.24, 2.45) is 0 Å². The molecule has 82 valence electrons. The van der Waals surface area contributed by atoms with Crippen LogP contribution in [0.15, 0.2) is 36.5 Å². The second kappa shape index (κ2) is 4.62. The number of hydrogen-bond donors (Lipinski definition) is 0. The van der Waals surface area contributed by atoms with Gasteiger partial charge in [-0.3, -0.25) is 0 Å². The average molecular weight is 236 g/mol. The normalized spacial score (nSPS) is 10.4. The lowest BCUT2D eigenvalue weighted by Gasteiger charge is -2.04. The summed E-state index contributed by atoms with van der Waals surface area (Å²) in [5.74, 6) is -0.199. The van der Waals surface area contributed by atoms with Crippen molar-refractivity contribution in [3.8, 4) is 0 Å². The van der Waals surface area contributed by atoms with E-state index in [4.69, 9.17) is 11.6 Å². The molecule has 0 fully saturated rings. The first-order valence-electron chi connectivity index (χ1n) is 5.00. The van der Waals surface area contributed by atoms with Crippen molar-refractivity contribution in [2.75, 3.05) is 0 Å². The van der Waals surface area contributed by atoms with Gasteiger partial charge in [0.25, 0.3) is 0 Å². The highest BCUT2D eigenvalue weighted by Crippen LogP contribution is 2.15. The molecule has 0 N–H and O–H groups in total. The van der Waals surface area contributed by atoms with E-state index in [-0.39, 0.29) is 5.82 Å². The van der Waals surface area contributed by atoms with Crippen LogP contribution in [0.3, 0.4) is 0 Å². The Bertz CT molecular complexity index is 491. The highest BCUT2D eigenvalue weighted by molar-refractivity contribution is 6.29. The molecule has 0 saturated heterocycles. The van der Waals surface area contributed by atoms with Crippen LogP contribution in [0, 0.1) is 12.7 Å². The largest absolute Gasteiger partial charge is 0.245 e. The van der Waals surface area contributed by atoms with Crippen LogP contribution in [0.25, 0.3) is 0 Å². The molecule has 0 aliphatic rings. The van der Waals surface area contributed by atoms with E-state index in [2.05, 4.69) is 4.98 Å². The molecule has 1 nitrogen and oxygen atoms in total. The van der Waals surface area contributed by atoms with E-state index in [0.29, 0.717) is 11.6 Å². The van der Waals surface area contributed by atoms with Crippen molar-refractivity contribution in [1.82, 2.24) is 4.98 Å². The van der Waals surface area contributed by atoms with E-state index in [1.54, 1.807) is 18.3 Å². The number of pyridine rings is 1. The first-order valence-corrected chi connectivity index (χ1v) is 5.38. The van der Waals surface area contributed by atoms with E-state index in [1.165, 1.54) is 6.07 Å².